The van der Waals surface area contributed by atoms with Crippen molar-refractivity contribution in [3.05, 3.63) is 71.8 Å². The summed E-state index contributed by atoms with van der Waals surface area (Å²) in [6.45, 7) is 0. The highest BCUT2D eigenvalue weighted by Crippen LogP contribution is 2.39. The number of hydrogen-bond acceptors (Lipinski definition) is 4. The van der Waals surface area contributed by atoms with Gasteiger partial charge in [-0.05, 0) is 24.3 Å². The lowest BCUT2D eigenvalue weighted by Crippen LogP contribution is -2.29. The third-order valence-corrected chi connectivity index (χ3v) is 4.32. The van der Waals surface area contributed by atoms with E-state index >= 15 is 0 Å². The molecule has 0 aliphatic rings. The zero-order valence-corrected chi connectivity index (χ0v) is 18.0. The maximum atomic E-state index is 14.6. The molecule has 0 saturated carbocycles. The number of halogens is 10. The van der Waals surface area contributed by atoms with E-state index in [0.717, 1.165) is 36.4 Å². The van der Waals surface area contributed by atoms with Crippen LogP contribution in [0.15, 0.2) is 48.5 Å². The van der Waals surface area contributed by atoms with Crippen LogP contribution < -0.4 is 20.1 Å². The Labute approximate surface area is 204 Å². The van der Waals surface area contributed by atoms with Crippen LogP contribution in [0.4, 0.5) is 55.3 Å². The highest BCUT2D eigenvalue weighted by molar-refractivity contribution is 5.95. The van der Waals surface area contributed by atoms with Gasteiger partial charge in [-0.15, -0.1) is 0 Å². The summed E-state index contributed by atoms with van der Waals surface area (Å²) in [4.78, 5) is 22.1. The molecule has 202 valence electrons. The normalized spacial score (nSPS) is 11.6. The molecule has 0 spiro atoms. The van der Waals surface area contributed by atoms with E-state index in [4.69, 9.17) is 9.47 Å². The molecular weight excluding hydrogens is 546 g/mol. The lowest BCUT2D eigenvalue weighted by Gasteiger charge is -2.15. The highest BCUT2D eigenvalue weighted by atomic mass is 19.4. The van der Waals surface area contributed by atoms with Gasteiger partial charge in [-0.25, -0.2) is 0 Å². The number of carbonyl (C=O) groups excluding carboxylic acids is 2. The molecule has 0 saturated heterocycles. The quantitative estimate of drug-likeness (QED) is 0.258. The van der Waals surface area contributed by atoms with Crippen molar-refractivity contribution in [1.29, 1.82) is 0 Å². The summed E-state index contributed by atoms with van der Waals surface area (Å²) in [5.41, 5.74) is -1.08. The van der Waals surface area contributed by atoms with Crippen molar-refractivity contribution in [2.75, 3.05) is 10.6 Å². The van der Waals surface area contributed by atoms with Crippen LogP contribution in [0.1, 0.15) is 0 Å². The van der Waals surface area contributed by atoms with Gasteiger partial charge < -0.3 is 20.1 Å². The van der Waals surface area contributed by atoms with E-state index < -0.39 is 81.8 Å². The molecule has 2 amide bonds. The summed E-state index contributed by atoms with van der Waals surface area (Å²) < 4.78 is 142. The molecule has 0 aromatic heterocycles. The van der Waals surface area contributed by atoms with Crippen LogP contribution in [-0.2, 0) is 9.59 Å². The van der Waals surface area contributed by atoms with E-state index in [-0.39, 0.29) is 0 Å². The van der Waals surface area contributed by atoms with Crippen LogP contribution in [0.3, 0.4) is 0 Å². The third kappa shape index (κ3) is 6.43. The third-order valence-electron chi connectivity index (χ3n) is 4.32. The van der Waals surface area contributed by atoms with E-state index in [2.05, 4.69) is 0 Å². The number of anilines is 2. The van der Waals surface area contributed by atoms with Gasteiger partial charge in [-0.2, -0.15) is 43.9 Å². The van der Waals surface area contributed by atoms with Gasteiger partial charge in [0, 0.05) is 23.5 Å². The summed E-state index contributed by atoms with van der Waals surface area (Å²) >= 11 is 0. The van der Waals surface area contributed by atoms with E-state index in [9.17, 15) is 53.5 Å². The Kier molecular flexibility index (Phi) is 7.74. The van der Waals surface area contributed by atoms with Crippen molar-refractivity contribution < 1.29 is 63.0 Å². The number of hydrogen-bond donors (Lipinski definition) is 2. The van der Waals surface area contributed by atoms with Gasteiger partial charge in [-0.3, -0.25) is 9.59 Å². The summed E-state index contributed by atoms with van der Waals surface area (Å²) in [6.07, 6.45) is -10.5. The summed E-state index contributed by atoms with van der Waals surface area (Å²) in [5.74, 6) is -18.0. The van der Waals surface area contributed by atoms with Crippen molar-refractivity contribution in [2.45, 2.75) is 12.4 Å². The monoisotopic (exact) mass is 556 g/mol. The molecule has 0 fully saturated rings. The molecule has 0 bridgehead atoms. The lowest BCUT2D eigenvalue weighted by molar-refractivity contribution is -0.167. The molecule has 16 heteroatoms. The molecule has 3 rings (SSSR count). The molecule has 3 aromatic carbocycles. The predicted octanol–water partition coefficient (Wildman–Crippen LogP) is 6.83. The number of carbonyl (C=O) groups is 2. The Balaban J connectivity index is 1.87. The number of amides is 2. The lowest BCUT2D eigenvalue weighted by atomic mass is 10.2. The first-order chi connectivity index (χ1) is 17.6. The number of benzene rings is 3. The second-order valence-electron chi connectivity index (χ2n) is 7.08. The van der Waals surface area contributed by atoms with Gasteiger partial charge >= 0.3 is 24.2 Å². The predicted molar refractivity (Wildman–Crippen MR) is 109 cm³/mol. The second kappa shape index (κ2) is 10.5. The van der Waals surface area contributed by atoms with E-state index in [1.165, 1.54) is 10.6 Å². The fraction of sp³-hybridized carbons (Fsp3) is 0.0909. The molecule has 3 aromatic rings. The van der Waals surface area contributed by atoms with Crippen molar-refractivity contribution in [1.82, 2.24) is 0 Å². The summed E-state index contributed by atoms with van der Waals surface area (Å²) in [5, 5.41) is 2.87. The Morgan fingerprint density at radius 1 is 0.579 bits per heavy atom. The molecule has 0 heterocycles. The zero-order chi connectivity index (χ0) is 28.4. The molecule has 0 radical (unpaired) electrons. The van der Waals surface area contributed by atoms with Crippen LogP contribution >= 0.6 is 0 Å². The summed E-state index contributed by atoms with van der Waals surface area (Å²) in [6, 6.07) is 7.09. The van der Waals surface area contributed by atoms with Gasteiger partial charge in [-0.1, -0.05) is 12.1 Å². The van der Waals surface area contributed by atoms with E-state index in [0.29, 0.717) is 12.1 Å². The number of ether oxygens (including phenoxy) is 2. The van der Waals surface area contributed by atoms with Gasteiger partial charge in [0.15, 0.2) is 0 Å². The summed E-state index contributed by atoms with van der Waals surface area (Å²) in [7, 11) is 0. The van der Waals surface area contributed by atoms with Crippen molar-refractivity contribution in [3.8, 4) is 23.0 Å². The largest absolute Gasteiger partial charge is 0.471 e. The number of alkyl halides is 6. The van der Waals surface area contributed by atoms with Crippen molar-refractivity contribution >= 4 is 23.2 Å². The molecule has 0 atom stereocenters. The molecule has 0 unspecified atom stereocenters. The Morgan fingerprint density at radius 3 is 1.18 bits per heavy atom. The van der Waals surface area contributed by atoms with Gasteiger partial charge in [0.1, 0.15) is 11.5 Å². The number of rotatable bonds is 6. The minimum Gasteiger partial charge on any atom is -0.451 e. The number of nitrogens with one attached hydrogen (secondary N) is 2. The average Bonchev–Trinajstić information content (AvgIpc) is 2.82. The van der Waals surface area contributed by atoms with Crippen LogP contribution in [0.2, 0.25) is 0 Å². The van der Waals surface area contributed by atoms with Crippen LogP contribution in [0, 0.1) is 23.3 Å². The minimum absolute atomic E-state index is 0.538. The van der Waals surface area contributed by atoms with Crippen LogP contribution in [0.25, 0.3) is 0 Å². The van der Waals surface area contributed by atoms with Gasteiger partial charge in [0.25, 0.3) is 0 Å². The van der Waals surface area contributed by atoms with Crippen molar-refractivity contribution in [2.24, 2.45) is 0 Å². The van der Waals surface area contributed by atoms with Gasteiger partial charge in [0.2, 0.25) is 34.8 Å². The van der Waals surface area contributed by atoms with E-state index in [1.807, 2.05) is 0 Å². The van der Waals surface area contributed by atoms with Crippen LogP contribution in [-0.4, -0.2) is 24.2 Å². The zero-order valence-electron chi connectivity index (χ0n) is 18.0. The maximum absolute atomic E-state index is 14.6. The van der Waals surface area contributed by atoms with Crippen molar-refractivity contribution in [3.63, 3.8) is 0 Å². The SMILES string of the molecule is O=C(Nc1cccc(Oc2c(F)c(F)c(Oc3cccc(NC(=O)C(F)(F)F)c3)c(F)c2F)c1)C(F)(F)F. The molecule has 0 aliphatic heterocycles. The van der Waals surface area contributed by atoms with E-state index in [1.54, 1.807) is 0 Å². The molecule has 0 aliphatic carbocycles. The first kappa shape index (κ1) is 28.1. The Bertz CT molecular complexity index is 1260. The highest BCUT2D eigenvalue weighted by Gasteiger charge is 2.39. The fourth-order valence-corrected chi connectivity index (χ4v) is 2.68. The molecule has 2 N–H and O–H groups in total. The van der Waals surface area contributed by atoms with Gasteiger partial charge in [0.05, 0.1) is 0 Å². The first-order valence-corrected chi connectivity index (χ1v) is 9.76. The Hall–Kier alpha value is -4.50. The second-order valence-corrected chi connectivity index (χ2v) is 7.08. The molecular formula is C22H10F10N2O4. The Morgan fingerprint density at radius 2 is 0.895 bits per heavy atom. The van der Waals surface area contributed by atoms with Crippen LogP contribution in [0.5, 0.6) is 23.0 Å². The smallest absolute Gasteiger partial charge is 0.451 e. The average molecular weight is 556 g/mol. The molecule has 6 nitrogen and oxygen atoms in total. The standard InChI is InChI=1S/C22H10F10N2O4/c23-13-15(25)18(38-12-6-2-4-10(8-12)34-20(36)22(30,31)32)16(26)14(24)17(13)37-11-5-1-3-9(7-11)33-19(35)21(27,28)29/h1-8H,(H,33,35)(H,34,36). The first-order valence-electron chi connectivity index (χ1n) is 9.76. The minimum atomic E-state index is -5.26. The topological polar surface area (TPSA) is 76.7 Å². The molecule has 38 heavy (non-hydrogen) atoms. The maximum Gasteiger partial charge on any atom is 0.471 e. The fourth-order valence-electron chi connectivity index (χ4n) is 2.68.